The molecule has 0 spiro atoms. The van der Waals surface area contributed by atoms with Crippen molar-refractivity contribution in [2.45, 2.75) is 71.8 Å². The van der Waals surface area contributed by atoms with Crippen molar-refractivity contribution in [1.29, 1.82) is 0 Å². The maximum absolute atomic E-state index is 12.3. The zero-order valence-electron chi connectivity index (χ0n) is 15.6. The lowest BCUT2D eigenvalue weighted by atomic mass is 9.45. The Balaban J connectivity index is 1.71. The first-order chi connectivity index (χ1) is 11.3. The molecule has 4 heteroatoms. The van der Waals surface area contributed by atoms with Crippen LogP contribution in [0.4, 0.5) is 0 Å². The van der Waals surface area contributed by atoms with Crippen LogP contribution in [0, 0.1) is 34.5 Å². The van der Waals surface area contributed by atoms with Gasteiger partial charge in [0, 0.05) is 24.9 Å². The molecule has 24 heavy (non-hydrogen) atoms. The van der Waals surface area contributed by atoms with E-state index in [-0.39, 0.29) is 10.8 Å². The summed E-state index contributed by atoms with van der Waals surface area (Å²) in [5, 5.41) is 13.2. The highest BCUT2D eigenvalue weighted by Gasteiger charge is 2.62. The zero-order valence-corrected chi connectivity index (χ0v) is 15.6. The van der Waals surface area contributed by atoms with Crippen molar-refractivity contribution in [1.82, 2.24) is 4.90 Å². The molecule has 0 radical (unpaired) electrons. The number of piperidine rings is 1. The SMILES string of the molecule is CC1CC2N(C)C(=O)CC[C@]2(C)[C@@H]2CC[C@]3(C)C(=NO)CC[C@H]3[C@H]12. The van der Waals surface area contributed by atoms with Crippen molar-refractivity contribution in [3.8, 4) is 0 Å². The molecule has 1 N–H and O–H groups in total. The number of rotatable bonds is 0. The maximum Gasteiger partial charge on any atom is 0.222 e. The van der Waals surface area contributed by atoms with Crippen LogP contribution in [0.1, 0.15) is 65.7 Å². The highest BCUT2D eigenvalue weighted by molar-refractivity contribution is 5.92. The van der Waals surface area contributed by atoms with Gasteiger partial charge >= 0.3 is 0 Å². The van der Waals surface area contributed by atoms with Gasteiger partial charge in [0.1, 0.15) is 0 Å². The first kappa shape index (κ1) is 16.4. The van der Waals surface area contributed by atoms with Gasteiger partial charge in [0.15, 0.2) is 0 Å². The number of carbonyl (C=O) groups is 1. The number of likely N-dealkylation sites (tertiary alicyclic amines) is 1. The van der Waals surface area contributed by atoms with E-state index in [1.54, 1.807) is 0 Å². The fourth-order valence-corrected chi connectivity index (χ4v) is 7.42. The van der Waals surface area contributed by atoms with Crippen LogP contribution in [0.15, 0.2) is 5.16 Å². The third-order valence-electron chi connectivity index (χ3n) is 8.79. The van der Waals surface area contributed by atoms with Crippen molar-refractivity contribution < 1.29 is 10.0 Å². The average molecular weight is 332 g/mol. The standard InChI is InChI=1S/C20H32N2O2/c1-12-11-16-20(3,10-8-17(23)22(16)4)14-7-9-19(2)13(18(12)14)5-6-15(19)21-24/h12-14,16,18,24H,5-11H2,1-4H3/t12?,13-,14+,16?,18-,19-,20+/m0/s1. The second-order valence-electron chi connectivity index (χ2n) is 9.57. The molecule has 3 saturated carbocycles. The van der Waals surface area contributed by atoms with Gasteiger partial charge in [0.2, 0.25) is 5.91 Å². The topological polar surface area (TPSA) is 52.9 Å². The number of hydrogen-bond donors (Lipinski definition) is 1. The summed E-state index contributed by atoms with van der Waals surface area (Å²) in [6.07, 6.45) is 7.41. The van der Waals surface area contributed by atoms with E-state index in [4.69, 9.17) is 0 Å². The summed E-state index contributed by atoms with van der Waals surface area (Å²) in [5.74, 6) is 3.05. The van der Waals surface area contributed by atoms with E-state index in [2.05, 4.69) is 30.8 Å². The van der Waals surface area contributed by atoms with Gasteiger partial charge in [0.25, 0.3) is 0 Å². The normalized spacial score (nSPS) is 52.8. The molecular weight excluding hydrogens is 300 g/mol. The zero-order chi connectivity index (χ0) is 17.3. The predicted octanol–water partition coefficient (Wildman–Crippen LogP) is 3.93. The lowest BCUT2D eigenvalue weighted by molar-refractivity contribution is -0.162. The third-order valence-corrected chi connectivity index (χ3v) is 8.79. The summed E-state index contributed by atoms with van der Waals surface area (Å²) >= 11 is 0. The Kier molecular flexibility index (Phi) is 3.57. The Morgan fingerprint density at radius 3 is 2.62 bits per heavy atom. The Hall–Kier alpha value is -1.06. The molecule has 1 saturated heterocycles. The van der Waals surface area contributed by atoms with Gasteiger partial charge in [-0.25, -0.2) is 0 Å². The third kappa shape index (κ3) is 1.91. The van der Waals surface area contributed by atoms with Crippen LogP contribution in [-0.4, -0.2) is 34.8 Å². The molecule has 4 rings (SSSR count). The van der Waals surface area contributed by atoms with E-state index in [0.717, 1.165) is 31.4 Å². The largest absolute Gasteiger partial charge is 0.411 e. The number of fused-ring (bicyclic) bond motifs is 5. The van der Waals surface area contributed by atoms with Crippen molar-refractivity contribution in [2.75, 3.05) is 7.05 Å². The minimum absolute atomic E-state index is 0.101. The van der Waals surface area contributed by atoms with Crippen LogP contribution in [0.5, 0.6) is 0 Å². The molecule has 4 aliphatic rings. The molecule has 134 valence electrons. The van der Waals surface area contributed by atoms with Gasteiger partial charge in [-0.2, -0.15) is 0 Å². The highest BCUT2D eigenvalue weighted by Crippen LogP contribution is 2.65. The molecule has 3 aliphatic carbocycles. The number of oxime groups is 1. The lowest BCUT2D eigenvalue weighted by Gasteiger charge is -2.63. The summed E-state index contributed by atoms with van der Waals surface area (Å²) in [6.45, 7) is 7.21. The lowest BCUT2D eigenvalue weighted by Crippen LogP contribution is -2.63. The van der Waals surface area contributed by atoms with Crippen molar-refractivity contribution >= 4 is 11.6 Å². The van der Waals surface area contributed by atoms with Crippen molar-refractivity contribution in [3.05, 3.63) is 0 Å². The van der Waals surface area contributed by atoms with Gasteiger partial charge < -0.3 is 10.1 Å². The monoisotopic (exact) mass is 332 g/mol. The van der Waals surface area contributed by atoms with Gasteiger partial charge in [-0.3, -0.25) is 4.79 Å². The van der Waals surface area contributed by atoms with Gasteiger partial charge in [0.05, 0.1) is 5.71 Å². The van der Waals surface area contributed by atoms with E-state index < -0.39 is 0 Å². The maximum atomic E-state index is 12.3. The highest BCUT2D eigenvalue weighted by atomic mass is 16.4. The molecule has 1 amide bonds. The van der Waals surface area contributed by atoms with E-state index in [0.29, 0.717) is 42.0 Å². The molecule has 7 atom stereocenters. The Morgan fingerprint density at radius 1 is 1.17 bits per heavy atom. The van der Waals surface area contributed by atoms with Gasteiger partial charge in [-0.15, -0.1) is 0 Å². The smallest absolute Gasteiger partial charge is 0.222 e. The quantitative estimate of drug-likeness (QED) is 0.540. The summed E-state index contributed by atoms with van der Waals surface area (Å²) in [7, 11) is 2.02. The molecule has 0 aromatic carbocycles. The predicted molar refractivity (Wildman–Crippen MR) is 93.9 cm³/mol. The Morgan fingerprint density at radius 2 is 1.92 bits per heavy atom. The van der Waals surface area contributed by atoms with Crippen LogP contribution >= 0.6 is 0 Å². The fourth-order valence-electron chi connectivity index (χ4n) is 7.42. The van der Waals surface area contributed by atoms with Gasteiger partial charge in [-0.05, 0) is 67.6 Å². The average Bonchev–Trinajstić information content (AvgIpc) is 2.90. The van der Waals surface area contributed by atoms with Gasteiger partial charge in [-0.1, -0.05) is 25.9 Å². The molecule has 0 bridgehead atoms. The second kappa shape index (κ2) is 5.22. The number of amides is 1. The summed E-state index contributed by atoms with van der Waals surface area (Å²) < 4.78 is 0. The molecule has 2 unspecified atom stereocenters. The fraction of sp³-hybridized carbons (Fsp3) is 0.900. The number of carbonyl (C=O) groups excluding carboxylic acids is 1. The molecular formula is C20H32N2O2. The van der Waals surface area contributed by atoms with E-state index >= 15 is 0 Å². The first-order valence-corrected chi connectivity index (χ1v) is 9.80. The second-order valence-corrected chi connectivity index (χ2v) is 9.57. The number of nitrogens with zero attached hydrogens (tertiary/aromatic N) is 2. The van der Waals surface area contributed by atoms with Crippen LogP contribution in [-0.2, 0) is 4.79 Å². The van der Waals surface area contributed by atoms with Crippen LogP contribution in [0.25, 0.3) is 0 Å². The molecule has 4 fully saturated rings. The number of hydrogen-bond acceptors (Lipinski definition) is 3. The van der Waals surface area contributed by atoms with Crippen LogP contribution in [0.3, 0.4) is 0 Å². The Labute approximate surface area is 145 Å². The molecule has 0 aromatic heterocycles. The van der Waals surface area contributed by atoms with Crippen LogP contribution < -0.4 is 0 Å². The van der Waals surface area contributed by atoms with Crippen LogP contribution in [0.2, 0.25) is 0 Å². The first-order valence-electron chi connectivity index (χ1n) is 9.80. The van der Waals surface area contributed by atoms with Crippen molar-refractivity contribution in [2.24, 2.45) is 39.7 Å². The molecule has 1 aliphatic heterocycles. The molecule has 0 aromatic rings. The van der Waals surface area contributed by atoms with E-state index in [9.17, 15) is 10.0 Å². The minimum Gasteiger partial charge on any atom is -0.411 e. The summed E-state index contributed by atoms with van der Waals surface area (Å²) in [5.41, 5.74) is 1.41. The van der Waals surface area contributed by atoms with E-state index in [1.807, 2.05) is 7.05 Å². The van der Waals surface area contributed by atoms with Crippen molar-refractivity contribution in [3.63, 3.8) is 0 Å². The molecule has 1 heterocycles. The molecule has 4 nitrogen and oxygen atoms in total. The van der Waals surface area contributed by atoms with E-state index in [1.165, 1.54) is 12.8 Å². The summed E-state index contributed by atoms with van der Waals surface area (Å²) in [6, 6.07) is 0.409. The minimum atomic E-state index is 0.101. The summed E-state index contributed by atoms with van der Waals surface area (Å²) in [4.78, 5) is 14.3. The Bertz CT molecular complexity index is 588.